The molecule has 146 valence electrons. The summed E-state index contributed by atoms with van der Waals surface area (Å²) in [5.41, 5.74) is 3.98. The van der Waals surface area contributed by atoms with Crippen molar-refractivity contribution in [3.05, 3.63) is 88.5 Å². The van der Waals surface area contributed by atoms with Crippen LogP contribution in [-0.4, -0.2) is 28.8 Å². The van der Waals surface area contributed by atoms with Gasteiger partial charge in [0.1, 0.15) is 11.5 Å². The molecule has 0 heterocycles. The van der Waals surface area contributed by atoms with Crippen LogP contribution in [0.2, 0.25) is 0 Å². The zero-order chi connectivity index (χ0) is 20.6. The van der Waals surface area contributed by atoms with Gasteiger partial charge in [0.15, 0.2) is 6.61 Å². The molecule has 0 aliphatic heterocycles. The lowest BCUT2D eigenvalue weighted by Gasteiger charge is -2.10. The van der Waals surface area contributed by atoms with Crippen LogP contribution in [0.25, 0.3) is 11.1 Å². The molecular formula is C21H17N3O5. The highest BCUT2D eigenvalue weighted by Crippen LogP contribution is 2.29. The molecule has 0 atom stereocenters. The van der Waals surface area contributed by atoms with E-state index in [4.69, 9.17) is 4.74 Å². The van der Waals surface area contributed by atoms with Crippen molar-refractivity contribution in [3.8, 4) is 22.6 Å². The topological polar surface area (TPSA) is 114 Å². The van der Waals surface area contributed by atoms with E-state index >= 15 is 0 Å². The second kappa shape index (κ2) is 9.14. The number of nitro groups is 1. The molecule has 0 aromatic heterocycles. The normalized spacial score (nSPS) is 10.6. The van der Waals surface area contributed by atoms with Crippen molar-refractivity contribution in [3.63, 3.8) is 0 Å². The summed E-state index contributed by atoms with van der Waals surface area (Å²) in [4.78, 5) is 22.2. The predicted molar refractivity (Wildman–Crippen MR) is 108 cm³/mol. The maximum atomic E-state index is 12.0. The molecule has 0 aliphatic carbocycles. The number of hydrogen-bond acceptors (Lipinski definition) is 6. The van der Waals surface area contributed by atoms with Crippen molar-refractivity contribution < 1.29 is 19.6 Å². The first-order valence-electron chi connectivity index (χ1n) is 8.61. The molecule has 0 spiro atoms. The molecule has 29 heavy (non-hydrogen) atoms. The van der Waals surface area contributed by atoms with Gasteiger partial charge in [-0.3, -0.25) is 14.9 Å². The molecule has 3 aromatic carbocycles. The number of ether oxygens (including phenoxy) is 1. The summed E-state index contributed by atoms with van der Waals surface area (Å²) in [5, 5.41) is 24.2. The molecule has 3 aromatic rings. The van der Waals surface area contributed by atoms with Gasteiger partial charge < -0.3 is 9.84 Å². The van der Waals surface area contributed by atoms with Gasteiger partial charge in [0, 0.05) is 23.3 Å². The molecule has 0 saturated carbocycles. The Balaban J connectivity index is 1.61. The molecule has 0 unspecified atom stereocenters. The van der Waals surface area contributed by atoms with Crippen LogP contribution in [0.4, 0.5) is 5.69 Å². The van der Waals surface area contributed by atoms with Crippen LogP contribution in [0, 0.1) is 10.1 Å². The second-order valence-electron chi connectivity index (χ2n) is 5.94. The Kier molecular flexibility index (Phi) is 6.16. The van der Waals surface area contributed by atoms with Crippen molar-refractivity contribution in [2.24, 2.45) is 5.10 Å². The van der Waals surface area contributed by atoms with Gasteiger partial charge in [0.05, 0.1) is 11.1 Å². The number of nitrogens with zero attached hydrogens (tertiary/aromatic N) is 2. The summed E-state index contributed by atoms with van der Waals surface area (Å²) in [6.45, 7) is -0.276. The van der Waals surface area contributed by atoms with E-state index < -0.39 is 10.8 Å². The van der Waals surface area contributed by atoms with Crippen molar-refractivity contribution in [2.75, 3.05) is 6.61 Å². The lowest BCUT2D eigenvalue weighted by molar-refractivity contribution is -0.384. The highest BCUT2D eigenvalue weighted by molar-refractivity contribution is 5.86. The van der Waals surface area contributed by atoms with Crippen LogP contribution in [0.15, 0.2) is 77.9 Å². The fourth-order valence-corrected chi connectivity index (χ4v) is 2.56. The average Bonchev–Trinajstić information content (AvgIpc) is 2.74. The molecule has 0 aliphatic rings. The molecule has 1 amide bonds. The van der Waals surface area contributed by atoms with Crippen LogP contribution in [-0.2, 0) is 4.79 Å². The SMILES string of the molecule is O=C(COc1ccccc1-c1ccccc1)NN=Cc1cc([N+](=O)[O-])ccc1O. The summed E-state index contributed by atoms with van der Waals surface area (Å²) < 4.78 is 5.61. The van der Waals surface area contributed by atoms with E-state index in [0.717, 1.165) is 23.4 Å². The predicted octanol–water partition coefficient (Wildman–Crippen LogP) is 3.50. The molecule has 0 radical (unpaired) electrons. The van der Waals surface area contributed by atoms with Crippen molar-refractivity contribution in [2.45, 2.75) is 0 Å². The maximum Gasteiger partial charge on any atom is 0.277 e. The van der Waals surface area contributed by atoms with Gasteiger partial charge in [-0.1, -0.05) is 48.5 Å². The number of amides is 1. The zero-order valence-corrected chi connectivity index (χ0v) is 15.2. The highest BCUT2D eigenvalue weighted by atomic mass is 16.6. The number of phenols is 1. The minimum absolute atomic E-state index is 0.106. The fraction of sp³-hybridized carbons (Fsp3) is 0.0476. The van der Waals surface area contributed by atoms with Crippen molar-refractivity contribution in [1.29, 1.82) is 0 Å². The lowest BCUT2D eigenvalue weighted by atomic mass is 10.1. The van der Waals surface area contributed by atoms with E-state index in [1.165, 1.54) is 12.1 Å². The molecule has 8 heteroatoms. The van der Waals surface area contributed by atoms with Gasteiger partial charge >= 0.3 is 0 Å². The largest absolute Gasteiger partial charge is 0.507 e. The first kappa shape index (κ1) is 19.6. The number of nitrogens with one attached hydrogen (secondary N) is 1. The first-order valence-corrected chi connectivity index (χ1v) is 8.61. The Labute approximate surface area is 166 Å². The smallest absolute Gasteiger partial charge is 0.277 e. The second-order valence-corrected chi connectivity index (χ2v) is 5.94. The monoisotopic (exact) mass is 391 g/mol. The van der Waals surface area contributed by atoms with Gasteiger partial charge in [-0.05, 0) is 17.7 Å². The Morgan fingerprint density at radius 1 is 1.10 bits per heavy atom. The number of aromatic hydroxyl groups is 1. The van der Waals surface area contributed by atoms with Crippen LogP contribution >= 0.6 is 0 Å². The minimum Gasteiger partial charge on any atom is -0.507 e. The lowest BCUT2D eigenvalue weighted by Crippen LogP contribution is -2.24. The number of benzene rings is 3. The Morgan fingerprint density at radius 3 is 2.59 bits per heavy atom. The van der Waals surface area contributed by atoms with E-state index in [2.05, 4.69) is 10.5 Å². The van der Waals surface area contributed by atoms with Crippen LogP contribution < -0.4 is 10.2 Å². The summed E-state index contributed by atoms with van der Waals surface area (Å²) in [5.74, 6) is -0.162. The van der Waals surface area contributed by atoms with E-state index in [9.17, 15) is 20.0 Å². The number of hydrazone groups is 1. The van der Waals surface area contributed by atoms with E-state index in [-0.39, 0.29) is 23.6 Å². The Bertz CT molecular complexity index is 1050. The van der Waals surface area contributed by atoms with Crippen LogP contribution in [0.3, 0.4) is 0 Å². The van der Waals surface area contributed by atoms with Gasteiger partial charge in [-0.15, -0.1) is 0 Å². The molecule has 2 N–H and O–H groups in total. The van der Waals surface area contributed by atoms with Crippen LogP contribution in [0.1, 0.15) is 5.56 Å². The summed E-state index contributed by atoms with van der Waals surface area (Å²) in [6, 6.07) is 20.5. The quantitative estimate of drug-likeness (QED) is 0.363. The molecule has 0 fully saturated rings. The summed E-state index contributed by atoms with van der Waals surface area (Å²) in [7, 11) is 0. The van der Waals surface area contributed by atoms with E-state index in [1.807, 2.05) is 48.5 Å². The summed E-state index contributed by atoms with van der Waals surface area (Å²) in [6.07, 6.45) is 1.12. The number of phenolic OH excluding ortho intramolecular Hbond substituents is 1. The average molecular weight is 391 g/mol. The molecule has 8 nitrogen and oxygen atoms in total. The zero-order valence-electron chi connectivity index (χ0n) is 15.2. The highest BCUT2D eigenvalue weighted by Gasteiger charge is 2.10. The standard InChI is InChI=1S/C21H17N3O5/c25-19-11-10-17(24(27)28)12-16(19)13-22-23-21(26)14-29-20-9-5-4-8-18(20)15-6-2-1-3-7-15/h1-13,25H,14H2,(H,23,26). The number of para-hydroxylation sites is 1. The number of rotatable bonds is 7. The van der Waals surface area contributed by atoms with E-state index in [0.29, 0.717) is 5.75 Å². The van der Waals surface area contributed by atoms with Crippen molar-refractivity contribution in [1.82, 2.24) is 5.43 Å². The fourth-order valence-electron chi connectivity index (χ4n) is 2.56. The third-order valence-corrected chi connectivity index (χ3v) is 3.95. The Hall–Kier alpha value is -4.20. The maximum absolute atomic E-state index is 12.0. The van der Waals surface area contributed by atoms with Gasteiger partial charge in [0.25, 0.3) is 11.6 Å². The van der Waals surface area contributed by atoms with Gasteiger partial charge in [-0.25, -0.2) is 5.43 Å². The van der Waals surface area contributed by atoms with E-state index in [1.54, 1.807) is 6.07 Å². The third kappa shape index (κ3) is 5.16. The van der Waals surface area contributed by atoms with Crippen LogP contribution in [0.5, 0.6) is 11.5 Å². The van der Waals surface area contributed by atoms with Gasteiger partial charge in [-0.2, -0.15) is 5.10 Å². The summed E-state index contributed by atoms with van der Waals surface area (Å²) >= 11 is 0. The first-order chi connectivity index (χ1) is 14.0. The number of carbonyl (C=O) groups excluding carboxylic acids is 1. The minimum atomic E-state index is -0.590. The number of carbonyl (C=O) groups is 1. The Morgan fingerprint density at radius 2 is 1.83 bits per heavy atom. The van der Waals surface area contributed by atoms with Gasteiger partial charge in [0.2, 0.25) is 0 Å². The number of hydrogen-bond donors (Lipinski definition) is 2. The number of nitro benzene ring substituents is 1. The molecule has 0 bridgehead atoms. The molecular weight excluding hydrogens is 374 g/mol. The molecule has 3 rings (SSSR count). The number of non-ortho nitro benzene ring substituents is 1. The third-order valence-electron chi connectivity index (χ3n) is 3.95. The molecule has 0 saturated heterocycles. The van der Waals surface area contributed by atoms with Crippen molar-refractivity contribution >= 4 is 17.8 Å².